The smallest absolute Gasteiger partial charge is 0.358 e. The Morgan fingerprint density at radius 3 is 2.25 bits per heavy atom. The maximum Gasteiger partial charge on any atom is 0.358 e. The molecular weight excluding hydrogens is 254 g/mol. The van der Waals surface area contributed by atoms with Gasteiger partial charge in [-0.15, -0.1) is 0 Å². The Hall–Kier alpha value is -1.32. The lowest BCUT2D eigenvalue weighted by Gasteiger charge is -2.53. The van der Waals surface area contributed by atoms with E-state index in [-0.39, 0.29) is 5.69 Å². The monoisotopic (exact) mass is 275 g/mol. The number of carboxylic acids is 1. The highest BCUT2D eigenvalue weighted by Gasteiger charge is 2.50. The standard InChI is InChI=1S/C16H21NO3/c1-2-12-14(16(18)19)17-15(20-12)13-10-4-8-3-9(6-10)7-11(13)5-8/h8-11,13H,2-7H2,1H3,(H,18,19). The van der Waals surface area contributed by atoms with Crippen LogP contribution in [0.2, 0.25) is 0 Å². The number of nitrogens with zero attached hydrogens (tertiary/aromatic N) is 1. The van der Waals surface area contributed by atoms with Crippen LogP contribution in [0.3, 0.4) is 0 Å². The molecule has 0 aromatic carbocycles. The van der Waals surface area contributed by atoms with Crippen molar-refractivity contribution in [1.82, 2.24) is 4.98 Å². The second kappa shape index (κ2) is 4.34. The largest absolute Gasteiger partial charge is 0.476 e. The van der Waals surface area contributed by atoms with Gasteiger partial charge in [0.1, 0.15) is 5.76 Å². The van der Waals surface area contributed by atoms with Crippen molar-refractivity contribution in [3.8, 4) is 0 Å². The first-order valence-corrected chi connectivity index (χ1v) is 7.88. The summed E-state index contributed by atoms with van der Waals surface area (Å²) in [6.45, 7) is 1.92. The minimum atomic E-state index is -0.958. The molecule has 5 rings (SSSR count). The van der Waals surface area contributed by atoms with Gasteiger partial charge in [-0.1, -0.05) is 6.92 Å². The maximum absolute atomic E-state index is 11.3. The van der Waals surface area contributed by atoms with Gasteiger partial charge in [0, 0.05) is 12.3 Å². The number of aromatic nitrogens is 1. The van der Waals surface area contributed by atoms with Gasteiger partial charge in [-0.25, -0.2) is 9.78 Å². The Kier molecular flexibility index (Phi) is 2.69. The minimum Gasteiger partial charge on any atom is -0.476 e. The topological polar surface area (TPSA) is 63.3 Å². The van der Waals surface area contributed by atoms with Gasteiger partial charge in [0.05, 0.1) is 0 Å². The van der Waals surface area contributed by atoms with Crippen molar-refractivity contribution in [3.05, 3.63) is 17.3 Å². The Labute approximate surface area is 118 Å². The molecule has 1 aromatic rings. The molecule has 0 saturated heterocycles. The van der Waals surface area contributed by atoms with Gasteiger partial charge in [0.2, 0.25) is 0 Å². The SMILES string of the molecule is CCc1oc(C2C3CC4CC(C3)CC2C4)nc1C(=O)O. The Balaban J connectivity index is 1.69. The number of oxazole rings is 1. The van der Waals surface area contributed by atoms with Gasteiger partial charge in [-0.3, -0.25) is 0 Å². The van der Waals surface area contributed by atoms with Crippen molar-refractivity contribution in [2.45, 2.75) is 51.4 Å². The fraction of sp³-hybridized carbons (Fsp3) is 0.750. The number of hydrogen-bond donors (Lipinski definition) is 1. The Bertz CT molecular complexity index is 520. The van der Waals surface area contributed by atoms with Crippen LogP contribution in [0.15, 0.2) is 4.42 Å². The van der Waals surface area contributed by atoms with E-state index in [0.29, 0.717) is 35.8 Å². The summed E-state index contributed by atoms with van der Waals surface area (Å²) in [5.74, 6) is 3.85. The number of carbonyl (C=O) groups is 1. The average Bonchev–Trinajstić information content (AvgIpc) is 2.81. The number of hydrogen-bond acceptors (Lipinski definition) is 3. The molecule has 4 saturated carbocycles. The predicted molar refractivity (Wildman–Crippen MR) is 72.6 cm³/mol. The van der Waals surface area contributed by atoms with E-state index >= 15 is 0 Å². The molecule has 1 N–H and O–H groups in total. The molecule has 108 valence electrons. The summed E-state index contributed by atoms with van der Waals surface area (Å²) in [6.07, 6.45) is 7.20. The molecule has 0 atom stereocenters. The summed E-state index contributed by atoms with van der Waals surface area (Å²) >= 11 is 0. The van der Waals surface area contributed by atoms with Crippen molar-refractivity contribution >= 4 is 5.97 Å². The van der Waals surface area contributed by atoms with Crippen LogP contribution in [-0.2, 0) is 6.42 Å². The van der Waals surface area contributed by atoms with E-state index in [2.05, 4.69) is 4.98 Å². The zero-order chi connectivity index (χ0) is 13.9. The minimum absolute atomic E-state index is 0.135. The van der Waals surface area contributed by atoms with Gasteiger partial charge in [0.25, 0.3) is 0 Å². The molecule has 4 aliphatic rings. The Morgan fingerprint density at radius 2 is 1.80 bits per heavy atom. The molecule has 0 amide bonds. The van der Waals surface area contributed by atoms with Crippen LogP contribution in [0.1, 0.15) is 67.1 Å². The summed E-state index contributed by atoms with van der Waals surface area (Å²) in [4.78, 5) is 15.6. The summed E-state index contributed by atoms with van der Waals surface area (Å²) < 4.78 is 5.86. The second-order valence-corrected chi connectivity index (χ2v) is 6.94. The molecule has 4 fully saturated rings. The Morgan fingerprint density at radius 1 is 1.20 bits per heavy atom. The highest BCUT2D eigenvalue weighted by molar-refractivity contribution is 5.86. The van der Waals surface area contributed by atoms with Gasteiger partial charge in [-0.2, -0.15) is 0 Å². The van der Waals surface area contributed by atoms with Crippen LogP contribution in [0.4, 0.5) is 0 Å². The van der Waals surface area contributed by atoms with E-state index in [1.54, 1.807) is 0 Å². The molecule has 20 heavy (non-hydrogen) atoms. The molecule has 4 nitrogen and oxygen atoms in total. The third-order valence-electron chi connectivity index (χ3n) is 5.75. The lowest BCUT2D eigenvalue weighted by molar-refractivity contribution is -0.0117. The molecule has 0 unspecified atom stereocenters. The highest BCUT2D eigenvalue weighted by atomic mass is 16.4. The van der Waals surface area contributed by atoms with E-state index in [9.17, 15) is 9.90 Å². The lowest BCUT2D eigenvalue weighted by Crippen LogP contribution is -2.43. The molecule has 4 heteroatoms. The van der Waals surface area contributed by atoms with E-state index in [4.69, 9.17) is 4.42 Å². The van der Waals surface area contributed by atoms with Crippen LogP contribution in [0.25, 0.3) is 0 Å². The first kappa shape index (κ1) is 12.4. The van der Waals surface area contributed by atoms with Crippen molar-refractivity contribution < 1.29 is 14.3 Å². The molecule has 0 radical (unpaired) electrons. The highest BCUT2D eigenvalue weighted by Crippen LogP contribution is 2.59. The summed E-state index contributed by atoms with van der Waals surface area (Å²) in [7, 11) is 0. The first-order chi connectivity index (χ1) is 9.65. The van der Waals surface area contributed by atoms with Crippen LogP contribution in [0, 0.1) is 23.7 Å². The van der Waals surface area contributed by atoms with Crippen molar-refractivity contribution in [3.63, 3.8) is 0 Å². The molecule has 4 aliphatic carbocycles. The van der Waals surface area contributed by atoms with Crippen molar-refractivity contribution in [2.75, 3.05) is 0 Å². The summed E-state index contributed by atoms with van der Waals surface area (Å²) in [5.41, 5.74) is 0.135. The van der Waals surface area contributed by atoms with Gasteiger partial charge >= 0.3 is 5.97 Å². The average molecular weight is 275 g/mol. The number of carboxylic acid groups (broad SMARTS) is 1. The number of aromatic carboxylic acids is 1. The maximum atomic E-state index is 11.3. The fourth-order valence-corrected chi connectivity index (χ4v) is 5.25. The second-order valence-electron chi connectivity index (χ2n) is 6.94. The van der Waals surface area contributed by atoms with E-state index in [1.807, 2.05) is 6.92 Å². The molecular formula is C16H21NO3. The molecule has 1 heterocycles. The van der Waals surface area contributed by atoms with Crippen molar-refractivity contribution in [1.29, 1.82) is 0 Å². The summed E-state index contributed by atoms with van der Waals surface area (Å²) in [5, 5.41) is 9.24. The molecule has 4 bridgehead atoms. The molecule has 1 aromatic heterocycles. The van der Waals surface area contributed by atoms with Crippen molar-refractivity contribution in [2.24, 2.45) is 23.7 Å². The molecule has 0 spiro atoms. The van der Waals surface area contributed by atoms with Gasteiger partial charge < -0.3 is 9.52 Å². The van der Waals surface area contributed by atoms with Crippen LogP contribution in [0.5, 0.6) is 0 Å². The van der Waals surface area contributed by atoms with Gasteiger partial charge in [0.15, 0.2) is 11.6 Å². The lowest BCUT2D eigenvalue weighted by atomic mass is 9.52. The fourth-order valence-electron chi connectivity index (χ4n) is 5.25. The van der Waals surface area contributed by atoms with Crippen LogP contribution in [-0.4, -0.2) is 16.1 Å². The van der Waals surface area contributed by atoms with Crippen LogP contribution < -0.4 is 0 Å². The third kappa shape index (κ3) is 1.73. The summed E-state index contributed by atoms with van der Waals surface area (Å²) in [6, 6.07) is 0. The normalized spacial score (nSPS) is 38.4. The quantitative estimate of drug-likeness (QED) is 0.917. The third-order valence-corrected chi connectivity index (χ3v) is 5.75. The van der Waals surface area contributed by atoms with Crippen LogP contribution >= 0.6 is 0 Å². The van der Waals surface area contributed by atoms with E-state index < -0.39 is 5.97 Å². The number of rotatable bonds is 3. The molecule has 0 aliphatic heterocycles. The van der Waals surface area contributed by atoms with Gasteiger partial charge in [-0.05, 0) is 55.8 Å². The first-order valence-electron chi connectivity index (χ1n) is 7.88. The number of aryl methyl sites for hydroxylation is 1. The van der Waals surface area contributed by atoms with E-state index in [1.165, 1.54) is 32.1 Å². The zero-order valence-corrected chi connectivity index (χ0v) is 11.8. The zero-order valence-electron chi connectivity index (χ0n) is 11.8. The van der Waals surface area contributed by atoms with E-state index in [0.717, 1.165) is 11.8 Å². The predicted octanol–water partition coefficient (Wildman–Crippen LogP) is 3.47.